The van der Waals surface area contributed by atoms with E-state index in [1.54, 1.807) is 32.4 Å². The third kappa shape index (κ3) is 3.91. The number of ether oxygens (including phenoxy) is 2. The summed E-state index contributed by atoms with van der Waals surface area (Å²) in [6, 6.07) is 16.8. The van der Waals surface area contributed by atoms with Crippen molar-refractivity contribution in [3.05, 3.63) is 78.1 Å². The lowest BCUT2D eigenvalue weighted by atomic mass is 10.1. The Kier molecular flexibility index (Phi) is 4.91. The van der Waals surface area contributed by atoms with E-state index in [9.17, 15) is 4.79 Å². The summed E-state index contributed by atoms with van der Waals surface area (Å²) < 4.78 is 12.5. The van der Waals surface area contributed by atoms with Crippen molar-refractivity contribution >= 4 is 17.2 Å². The van der Waals surface area contributed by atoms with E-state index >= 15 is 0 Å². The molecule has 146 valence electrons. The Balaban J connectivity index is 1.61. The maximum Gasteiger partial charge on any atom is 0.255 e. The number of methoxy groups -OCH3 is 2. The quantitative estimate of drug-likeness (QED) is 0.544. The van der Waals surface area contributed by atoms with Gasteiger partial charge in [-0.2, -0.15) is 0 Å². The second-order valence-electron chi connectivity index (χ2n) is 6.73. The van der Waals surface area contributed by atoms with Gasteiger partial charge in [0.2, 0.25) is 0 Å². The Labute approximate surface area is 168 Å². The number of anilines is 1. The minimum Gasteiger partial charge on any atom is -0.497 e. The summed E-state index contributed by atoms with van der Waals surface area (Å²) in [6.45, 7) is 2.04. The molecular weight excluding hydrogens is 366 g/mol. The molecule has 1 amide bonds. The predicted molar refractivity (Wildman–Crippen MR) is 113 cm³/mol. The molecule has 0 unspecified atom stereocenters. The zero-order valence-electron chi connectivity index (χ0n) is 16.5. The molecule has 29 heavy (non-hydrogen) atoms. The summed E-state index contributed by atoms with van der Waals surface area (Å²) in [5.74, 6) is 0.872. The van der Waals surface area contributed by atoms with Crippen molar-refractivity contribution in [2.45, 2.75) is 6.92 Å². The molecule has 4 aromatic rings. The fourth-order valence-electron chi connectivity index (χ4n) is 3.12. The number of nitrogens with one attached hydrogen (secondary N) is 1. The number of nitrogens with zero attached hydrogens (tertiary/aromatic N) is 2. The van der Waals surface area contributed by atoms with Gasteiger partial charge in [-0.3, -0.25) is 4.79 Å². The van der Waals surface area contributed by atoms with E-state index in [2.05, 4.69) is 10.3 Å². The van der Waals surface area contributed by atoms with Crippen LogP contribution in [0.5, 0.6) is 11.5 Å². The molecule has 0 aliphatic rings. The molecule has 4 rings (SSSR count). The number of fused-ring (bicyclic) bond motifs is 1. The van der Waals surface area contributed by atoms with Crippen LogP contribution >= 0.6 is 0 Å². The third-order valence-electron chi connectivity index (χ3n) is 4.65. The van der Waals surface area contributed by atoms with E-state index in [1.165, 1.54) is 0 Å². The molecule has 6 heteroatoms. The molecule has 0 aliphatic carbocycles. The second kappa shape index (κ2) is 7.67. The fourth-order valence-corrected chi connectivity index (χ4v) is 3.12. The summed E-state index contributed by atoms with van der Waals surface area (Å²) in [4.78, 5) is 17.4. The summed E-state index contributed by atoms with van der Waals surface area (Å²) in [6.07, 6.45) is 3.96. The van der Waals surface area contributed by atoms with E-state index in [-0.39, 0.29) is 5.91 Å². The number of hydrogen-bond donors (Lipinski definition) is 1. The molecule has 0 spiro atoms. The molecule has 0 bridgehead atoms. The molecule has 2 aromatic carbocycles. The van der Waals surface area contributed by atoms with Crippen molar-refractivity contribution in [3.8, 4) is 22.8 Å². The van der Waals surface area contributed by atoms with E-state index in [0.717, 1.165) is 22.5 Å². The fraction of sp³-hybridized carbons (Fsp3) is 0.130. The van der Waals surface area contributed by atoms with Crippen LogP contribution in [0.1, 0.15) is 15.9 Å². The highest BCUT2D eigenvalue weighted by Gasteiger charge is 2.11. The first-order chi connectivity index (χ1) is 14.1. The SMILES string of the molecule is COc1cc(OC)cc(C(=O)Nc2cccc(-c3cn4ccc(C)cc4n3)c2)c1. The number of benzene rings is 2. The molecule has 2 heterocycles. The normalized spacial score (nSPS) is 10.7. The highest BCUT2D eigenvalue weighted by Crippen LogP contribution is 2.25. The van der Waals surface area contributed by atoms with Crippen LogP contribution in [-0.4, -0.2) is 29.5 Å². The Morgan fingerprint density at radius 1 is 1.00 bits per heavy atom. The van der Waals surface area contributed by atoms with Crippen LogP contribution in [0, 0.1) is 6.92 Å². The first kappa shape index (κ1) is 18.6. The lowest BCUT2D eigenvalue weighted by molar-refractivity contribution is 0.102. The van der Waals surface area contributed by atoms with Gasteiger partial charge in [-0.25, -0.2) is 4.98 Å². The number of imidazole rings is 1. The lowest BCUT2D eigenvalue weighted by Crippen LogP contribution is -2.12. The number of amides is 1. The van der Waals surface area contributed by atoms with Gasteiger partial charge in [0.05, 0.1) is 19.9 Å². The summed E-state index contributed by atoms with van der Waals surface area (Å²) in [5.41, 5.74) is 4.95. The molecule has 2 aromatic heterocycles. The average molecular weight is 387 g/mol. The number of carbonyl (C=O) groups excluding carboxylic acids is 1. The highest BCUT2D eigenvalue weighted by molar-refractivity contribution is 6.05. The molecule has 0 fully saturated rings. The number of aryl methyl sites for hydroxylation is 1. The Morgan fingerprint density at radius 3 is 2.48 bits per heavy atom. The number of pyridine rings is 1. The average Bonchev–Trinajstić information content (AvgIpc) is 3.16. The lowest BCUT2D eigenvalue weighted by Gasteiger charge is -2.10. The Hall–Kier alpha value is -3.80. The number of rotatable bonds is 5. The van der Waals surface area contributed by atoms with E-state index in [0.29, 0.717) is 22.7 Å². The van der Waals surface area contributed by atoms with Gasteiger partial charge in [-0.15, -0.1) is 0 Å². The van der Waals surface area contributed by atoms with Crippen LogP contribution < -0.4 is 14.8 Å². The van der Waals surface area contributed by atoms with Gasteiger partial charge >= 0.3 is 0 Å². The molecule has 0 atom stereocenters. The first-order valence-electron chi connectivity index (χ1n) is 9.16. The molecule has 0 aliphatic heterocycles. The standard InChI is InChI=1S/C23H21N3O3/c1-15-7-8-26-14-21(25-22(26)9-15)16-5-4-6-18(10-16)24-23(27)17-11-19(28-2)13-20(12-17)29-3/h4-14H,1-3H3,(H,24,27). The number of aromatic nitrogens is 2. The van der Waals surface area contributed by atoms with E-state index in [1.807, 2.05) is 60.1 Å². The molecule has 0 saturated carbocycles. The minimum absolute atomic E-state index is 0.245. The smallest absolute Gasteiger partial charge is 0.255 e. The van der Waals surface area contributed by atoms with Crippen molar-refractivity contribution < 1.29 is 14.3 Å². The van der Waals surface area contributed by atoms with Gasteiger partial charge in [0.15, 0.2) is 0 Å². The van der Waals surface area contributed by atoms with Gasteiger partial charge in [0, 0.05) is 35.3 Å². The number of carbonyl (C=O) groups is 1. The highest BCUT2D eigenvalue weighted by atomic mass is 16.5. The van der Waals surface area contributed by atoms with Crippen molar-refractivity contribution in [1.82, 2.24) is 9.38 Å². The Bertz CT molecular complexity index is 1170. The molecule has 6 nitrogen and oxygen atoms in total. The van der Waals surface area contributed by atoms with Crippen LogP contribution in [0.4, 0.5) is 5.69 Å². The van der Waals surface area contributed by atoms with E-state index in [4.69, 9.17) is 9.47 Å². The van der Waals surface area contributed by atoms with Gasteiger partial charge in [-0.05, 0) is 48.9 Å². The van der Waals surface area contributed by atoms with Crippen LogP contribution in [0.15, 0.2) is 67.0 Å². The largest absolute Gasteiger partial charge is 0.497 e. The predicted octanol–water partition coefficient (Wildman–Crippen LogP) is 4.58. The first-order valence-corrected chi connectivity index (χ1v) is 9.16. The van der Waals surface area contributed by atoms with Gasteiger partial charge in [-0.1, -0.05) is 12.1 Å². The zero-order chi connectivity index (χ0) is 20.4. The van der Waals surface area contributed by atoms with Crippen molar-refractivity contribution in [2.24, 2.45) is 0 Å². The van der Waals surface area contributed by atoms with Crippen LogP contribution in [-0.2, 0) is 0 Å². The van der Waals surface area contributed by atoms with Gasteiger partial charge in [0.1, 0.15) is 17.1 Å². The molecule has 0 saturated heterocycles. The molecule has 0 radical (unpaired) electrons. The summed E-state index contributed by atoms with van der Waals surface area (Å²) in [5, 5.41) is 2.93. The summed E-state index contributed by atoms with van der Waals surface area (Å²) in [7, 11) is 3.10. The third-order valence-corrected chi connectivity index (χ3v) is 4.65. The Morgan fingerprint density at radius 2 is 1.76 bits per heavy atom. The van der Waals surface area contributed by atoms with Crippen LogP contribution in [0.25, 0.3) is 16.9 Å². The van der Waals surface area contributed by atoms with E-state index < -0.39 is 0 Å². The number of hydrogen-bond acceptors (Lipinski definition) is 4. The maximum absolute atomic E-state index is 12.7. The topological polar surface area (TPSA) is 64.9 Å². The van der Waals surface area contributed by atoms with Gasteiger partial charge in [0.25, 0.3) is 5.91 Å². The monoisotopic (exact) mass is 387 g/mol. The molecular formula is C23H21N3O3. The second-order valence-corrected chi connectivity index (χ2v) is 6.73. The van der Waals surface area contributed by atoms with Gasteiger partial charge < -0.3 is 19.2 Å². The maximum atomic E-state index is 12.7. The zero-order valence-corrected chi connectivity index (χ0v) is 16.5. The van der Waals surface area contributed by atoms with Crippen LogP contribution in [0.2, 0.25) is 0 Å². The minimum atomic E-state index is -0.245. The van der Waals surface area contributed by atoms with Crippen molar-refractivity contribution in [3.63, 3.8) is 0 Å². The molecule has 1 N–H and O–H groups in total. The van der Waals surface area contributed by atoms with Crippen LogP contribution in [0.3, 0.4) is 0 Å². The summed E-state index contributed by atoms with van der Waals surface area (Å²) >= 11 is 0. The van der Waals surface area contributed by atoms with Crippen molar-refractivity contribution in [2.75, 3.05) is 19.5 Å². The van der Waals surface area contributed by atoms with Crippen molar-refractivity contribution in [1.29, 1.82) is 0 Å².